The molecule has 0 spiro atoms. The summed E-state index contributed by atoms with van der Waals surface area (Å²) in [5.74, 6) is 1.98. The van der Waals surface area contributed by atoms with E-state index in [1.165, 1.54) is 0 Å². The molecule has 0 bridgehead atoms. The maximum Gasteiger partial charge on any atom is 0.194 e. The number of nitrogens with one attached hydrogen (secondary N) is 1. The van der Waals surface area contributed by atoms with Crippen LogP contribution in [0.1, 0.15) is 12.5 Å². The number of hydrogen-bond acceptors (Lipinski definition) is 3. The van der Waals surface area contributed by atoms with Crippen molar-refractivity contribution in [3.8, 4) is 11.5 Å². The third kappa shape index (κ3) is 7.64. The fourth-order valence-corrected chi connectivity index (χ4v) is 2.16. The second-order valence-corrected chi connectivity index (χ2v) is 5.42. The number of hydrogen-bond donors (Lipinski definition) is 2. The van der Waals surface area contributed by atoms with Crippen molar-refractivity contribution in [2.45, 2.75) is 13.5 Å². The Bertz CT molecular complexity index is 633. The standard InChI is InChI=1S/C19H25N3O2.HI/c1-3-20-19(21-15-16-9-11-17(23)12-10-16)22(2)13-14-24-18-7-5-4-6-8-18;/h4-12,23H,3,13-15H2,1-2H3,(H,20,21);1H. The fraction of sp³-hybridized carbons (Fsp3) is 0.316. The minimum atomic E-state index is 0. The predicted octanol–water partition coefficient (Wildman–Crippen LogP) is 3.49. The van der Waals surface area contributed by atoms with E-state index in [-0.39, 0.29) is 29.7 Å². The van der Waals surface area contributed by atoms with Crippen molar-refractivity contribution in [2.24, 2.45) is 4.99 Å². The molecule has 0 aliphatic carbocycles. The molecule has 0 aliphatic heterocycles. The Hall–Kier alpha value is -1.96. The van der Waals surface area contributed by atoms with E-state index in [2.05, 4.69) is 10.3 Å². The molecule has 0 amide bonds. The number of halogens is 1. The molecule has 0 saturated heterocycles. The summed E-state index contributed by atoms with van der Waals surface area (Å²) in [5, 5.41) is 12.6. The van der Waals surface area contributed by atoms with Crippen LogP contribution in [0, 0.1) is 0 Å². The third-order valence-electron chi connectivity index (χ3n) is 3.48. The number of nitrogens with zero attached hydrogens (tertiary/aromatic N) is 2. The molecule has 136 valence electrons. The molecular formula is C19H26IN3O2. The zero-order chi connectivity index (χ0) is 17.2. The zero-order valence-corrected chi connectivity index (χ0v) is 17.0. The molecule has 25 heavy (non-hydrogen) atoms. The summed E-state index contributed by atoms with van der Waals surface area (Å²) >= 11 is 0. The molecule has 0 aromatic heterocycles. The van der Waals surface area contributed by atoms with Gasteiger partial charge in [-0.1, -0.05) is 30.3 Å². The van der Waals surface area contributed by atoms with Gasteiger partial charge in [-0.2, -0.15) is 0 Å². The van der Waals surface area contributed by atoms with E-state index >= 15 is 0 Å². The molecular weight excluding hydrogens is 429 g/mol. The Morgan fingerprint density at radius 1 is 1.12 bits per heavy atom. The maximum absolute atomic E-state index is 9.33. The lowest BCUT2D eigenvalue weighted by molar-refractivity contribution is 0.281. The minimum Gasteiger partial charge on any atom is -0.508 e. The fourth-order valence-electron chi connectivity index (χ4n) is 2.16. The summed E-state index contributed by atoms with van der Waals surface area (Å²) in [6.45, 7) is 4.73. The number of likely N-dealkylation sites (N-methyl/N-ethyl adjacent to an activating group) is 1. The molecule has 6 heteroatoms. The topological polar surface area (TPSA) is 57.1 Å². The van der Waals surface area contributed by atoms with Crippen molar-refractivity contribution in [1.82, 2.24) is 10.2 Å². The first-order valence-electron chi connectivity index (χ1n) is 8.14. The Labute approximate surface area is 166 Å². The highest BCUT2D eigenvalue weighted by Crippen LogP contribution is 2.10. The molecule has 0 unspecified atom stereocenters. The molecule has 0 heterocycles. The lowest BCUT2D eigenvalue weighted by atomic mass is 10.2. The highest BCUT2D eigenvalue weighted by molar-refractivity contribution is 14.0. The van der Waals surface area contributed by atoms with Crippen LogP contribution in [0.2, 0.25) is 0 Å². The molecule has 0 aliphatic rings. The van der Waals surface area contributed by atoms with Gasteiger partial charge < -0.3 is 20.1 Å². The second kappa shape index (κ2) is 11.6. The normalized spacial score (nSPS) is 10.7. The largest absolute Gasteiger partial charge is 0.508 e. The SMILES string of the molecule is CCNC(=NCc1ccc(O)cc1)N(C)CCOc1ccccc1.I. The molecule has 0 saturated carbocycles. The predicted molar refractivity (Wildman–Crippen MR) is 113 cm³/mol. The summed E-state index contributed by atoms with van der Waals surface area (Å²) in [4.78, 5) is 6.68. The van der Waals surface area contributed by atoms with Gasteiger partial charge in [0.05, 0.1) is 13.1 Å². The molecule has 0 atom stereocenters. The third-order valence-corrected chi connectivity index (χ3v) is 3.48. The summed E-state index contributed by atoms with van der Waals surface area (Å²) < 4.78 is 5.73. The van der Waals surface area contributed by atoms with Crippen molar-refractivity contribution in [3.63, 3.8) is 0 Å². The van der Waals surface area contributed by atoms with Crippen LogP contribution in [0.25, 0.3) is 0 Å². The molecule has 2 rings (SSSR count). The van der Waals surface area contributed by atoms with Crippen molar-refractivity contribution < 1.29 is 9.84 Å². The molecule has 2 N–H and O–H groups in total. The minimum absolute atomic E-state index is 0. The van der Waals surface area contributed by atoms with Gasteiger partial charge in [0.15, 0.2) is 5.96 Å². The van der Waals surface area contributed by atoms with Crippen LogP contribution in [0.5, 0.6) is 11.5 Å². The Morgan fingerprint density at radius 3 is 2.44 bits per heavy atom. The first kappa shape index (κ1) is 21.1. The molecule has 0 radical (unpaired) electrons. The summed E-state index contributed by atoms with van der Waals surface area (Å²) in [6, 6.07) is 16.9. The van der Waals surface area contributed by atoms with Crippen molar-refractivity contribution in [2.75, 3.05) is 26.7 Å². The number of guanidine groups is 1. The van der Waals surface area contributed by atoms with Crippen LogP contribution in [0.15, 0.2) is 59.6 Å². The summed E-state index contributed by atoms with van der Waals surface area (Å²) in [5.41, 5.74) is 1.05. The summed E-state index contributed by atoms with van der Waals surface area (Å²) in [7, 11) is 1.99. The van der Waals surface area contributed by atoms with E-state index in [0.717, 1.165) is 30.4 Å². The average molecular weight is 455 g/mol. The first-order valence-corrected chi connectivity index (χ1v) is 8.14. The highest BCUT2D eigenvalue weighted by atomic mass is 127. The maximum atomic E-state index is 9.33. The monoisotopic (exact) mass is 455 g/mol. The Balaban J connectivity index is 0.00000312. The number of phenols is 1. The zero-order valence-electron chi connectivity index (χ0n) is 14.7. The van der Waals surface area contributed by atoms with E-state index in [1.807, 2.05) is 61.3 Å². The number of rotatable bonds is 7. The molecule has 2 aromatic rings. The van der Waals surface area contributed by atoms with E-state index in [9.17, 15) is 5.11 Å². The van der Waals surface area contributed by atoms with E-state index < -0.39 is 0 Å². The van der Waals surface area contributed by atoms with E-state index in [0.29, 0.717) is 13.2 Å². The number of aromatic hydroxyl groups is 1. The van der Waals surface area contributed by atoms with Gasteiger partial charge >= 0.3 is 0 Å². The van der Waals surface area contributed by atoms with Crippen molar-refractivity contribution in [3.05, 3.63) is 60.2 Å². The van der Waals surface area contributed by atoms with Crippen molar-refractivity contribution in [1.29, 1.82) is 0 Å². The Morgan fingerprint density at radius 2 is 1.80 bits per heavy atom. The number of ether oxygens (including phenoxy) is 1. The Kier molecular flexibility index (Phi) is 9.76. The molecule has 0 fully saturated rings. The van der Waals surface area contributed by atoms with Crippen LogP contribution in [0.3, 0.4) is 0 Å². The molecule has 5 nitrogen and oxygen atoms in total. The average Bonchev–Trinajstić information content (AvgIpc) is 2.61. The number of para-hydroxylation sites is 1. The van der Waals surface area contributed by atoms with Crippen LogP contribution >= 0.6 is 24.0 Å². The number of phenolic OH excluding ortho intramolecular Hbond substituents is 1. The smallest absolute Gasteiger partial charge is 0.194 e. The quantitative estimate of drug-likeness (QED) is 0.382. The summed E-state index contributed by atoms with van der Waals surface area (Å²) in [6.07, 6.45) is 0. The van der Waals surface area contributed by atoms with Gasteiger partial charge in [-0.25, -0.2) is 4.99 Å². The van der Waals surface area contributed by atoms with Crippen LogP contribution in [-0.4, -0.2) is 42.7 Å². The van der Waals surface area contributed by atoms with Gasteiger partial charge in [-0.15, -0.1) is 24.0 Å². The van der Waals surface area contributed by atoms with Crippen LogP contribution in [0.4, 0.5) is 0 Å². The number of benzene rings is 2. The van der Waals surface area contributed by atoms with Gasteiger partial charge in [0.1, 0.15) is 18.1 Å². The lowest BCUT2D eigenvalue weighted by Gasteiger charge is -2.22. The highest BCUT2D eigenvalue weighted by Gasteiger charge is 2.05. The van der Waals surface area contributed by atoms with Gasteiger partial charge in [0, 0.05) is 13.6 Å². The van der Waals surface area contributed by atoms with Crippen LogP contribution < -0.4 is 10.1 Å². The van der Waals surface area contributed by atoms with Gasteiger partial charge in [-0.3, -0.25) is 0 Å². The second-order valence-electron chi connectivity index (χ2n) is 5.42. The van der Waals surface area contributed by atoms with Gasteiger partial charge in [0.2, 0.25) is 0 Å². The lowest BCUT2D eigenvalue weighted by Crippen LogP contribution is -2.40. The van der Waals surface area contributed by atoms with E-state index in [1.54, 1.807) is 12.1 Å². The first-order chi connectivity index (χ1) is 11.7. The van der Waals surface area contributed by atoms with E-state index in [4.69, 9.17) is 4.74 Å². The number of aliphatic imine (C=N–C) groups is 1. The van der Waals surface area contributed by atoms with Gasteiger partial charge in [0.25, 0.3) is 0 Å². The van der Waals surface area contributed by atoms with Crippen LogP contribution in [-0.2, 0) is 6.54 Å². The molecule has 2 aromatic carbocycles. The van der Waals surface area contributed by atoms with Gasteiger partial charge in [-0.05, 0) is 36.8 Å². The van der Waals surface area contributed by atoms with Crippen molar-refractivity contribution >= 4 is 29.9 Å².